The zero-order valence-electron chi connectivity index (χ0n) is 13.0. The molecule has 0 heterocycles. The van der Waals surface area contributed by atoms with Crippen LogP contribution >= 0.6 is 0 Å². The number of alkyl carbamates (subject to hydrolysis) is 1. The van der Waals surface area contributed by atoms with Crippen molar-refractivity contribution in [2.45, 2.75) is 66.5 Å². The molecule has 0 fully saturated rings. The first-order chi connectivity index (χ1) is 8.33. The standard InChI is InChI=1S/C14H27NO4/c1-9(13(2,3)4)8-10(11(16)17)15-12(18)19-14(5,6)7/h9-10H,8H2,1-7H3,(H,15,18)(H,16,17). The lowest BCUT2D eigenvalue weighted by Gasteiger charge is -2.30. The summed E-state index contributed by atoms with van der Waals surface area (Å²) in [6, 6.07) is -0.927. The van der Waals surface area contributed by atoms with E-state index in [1.165, 1.54) is 0 Å². The van der Waals surface area contributed by atoms with E-state index < -0.39 is 23.7 Å². The second-order valence-corrected chi connectivity index (χ2v) is 7.04. The van der Waals surface area contributed by atoms with Gasteiger partial charge in [-0.2, -0.15) is 0 Å². The lowest BCUT2D eigenvalue weighted by molar-refractivity contribution is -0.140. The minimum Gasteiger partial charge on any atom is -0.480 e. The number of rotatable bonds is 4. The van der Waals surface area contributed by atoms with Gasteiger partial charge in [-0.05, 0) is 38.5 Å². The summed E-state index contributed by atoms with van der Waals surface area (Å²) in [5.41, 5.74) is -0.647. The number of ether oxygens (including phenoxy) is 1. The second-order valence-electron chi connectivity index (χ2n) is 7.04. The third-order valence-corrected chi connectivity index (χ3v) is 3.06. The fourth-order valence-corrected chi connectivity index (χ4v) is 1.38. The molecule has 0 radical (unpaired) electrons. The van der Waals surface area contributed by atoms with E-state index >= 15 is 0 Å². The van der Waals surface area contributed by atoms with Gasteiger partial charge in [0, 0.05) is 0 Å². The van der Waals surface area contributed by atoms with Gasteiger partial charge < -0.3 is 15.2 Å². The van der Waals surface area contributed by atoms with Crippen molar-refractivity contribution in [1.29, 1.82) is 0 Å². The Kier molecular flexibility index (Phi) is 5.84. The van der Waals surface area contributed by atoms with Gasteiger partial charge in [-0.3, -0.25) is 0 Å². The quantitative estimate of drug-likeness (QED) is 0.825. The maximum atomic E-state index is 11.6. The van der Waals surface area contributed by atoms with E-state index in [0.717, 1.165) is 0 Å². The molecule has 0 saturated carbocycles. The molecule has 1 amide bonds. The number of carbonyl (C=O) groups is 2. The number of carboxylic acid groups (broad SMARTS) is 1. The molecule has 112 valence electrons. The third-order valence-electron chi connectivity index (χ3n) is 3.06. The molecular formula is C14H27NO4. The molecule has 5 nitrogen and oxygen atoms in total. The fraction of sp³-hybridized carbons (Fsp3) is 0.857. The van der Waals surface area contributed by atoms with Crippen molar-refractivity contribution >= 4 is 12.1 Å². The molecule has 5 heteroatoms. The van der Waals surface area contributed by atoms with Crippen LogP contribution in [0.15, 0.2) is 0 Å². The van der Waals surface area contributed by atoms with E-state index in [4.69, 9.17) is 9.84 Å². The Balaban J connectivity index is 4.60. The van der Waals surface area contributed by atoms with Crippen LogP contribution in [0.5, 0.6) is 0 Å². The van der Waals surface area contributed by atoms with Crippen molar-refractivity contribution in [1.82, 2.24) is 5.32 Å². The molecule has 19 heavy (non-hydrogen) atoms. The normalized spacial score (nSPS) is 15.5. The summed E-state index contributed by atoms with van der Waals surface area (Å²) in [4.78, 5) is 22.8. The third kappa shape index (κ3) is 7.70. The van der Waals surface area contributed by atoms with Gasteiger partial charge >= 0.3 is 12.1 Å². The molecule has 2 unspecified atom stereocenters. The van der Waals surface area contributed by atoms with Gasteiger partial charge in [-0.15, -0.1) is 0 Å². The van der Waals surface area contributed by atoms with Gasteiger partial charge in [0.15, 0.2) is 0 Å². The predicted molar refractivity (Wildman–Crippen MR) is 74.0 cm³/mol. The Morgan fingerprint density at radius 3 is 1.95 bits per heavy atom. The molecule has 0 saturated heterocycles. The van der Waals surface area contributed by atoms with Gasteiger partial charge in [0.05, 0.1) is 0 Å². The Labute approximate surface area is 115 Å². The molecule has 2 N–H and O–H groups in total. The molecule has 0 aliphatic heterocycles. The Hall–Kier alpha value is -1.26. The minimum atomic E-state index is -1.04. The molecular weight excluding hydrogens is 246 g/mol. The van der Waals surface area contributed by atoms with Crippen molar-refractivity contribution in [2.75, 3.05) is 0 Å². The Morgan fingerprint density at radius 2 is 1.63 bits per heavy atom. The number of hydrogen-bond donors (Lipinski definition) is 2. The summed E-state index contributed by atoms with van der Waals surface area (Å²) in [6.07, 6.45) is -0.320. The van der Waals surface area contributed by atoms with E-state index in [1.807, 2.05) is 27.7 Å². The van der Waals surface area contributed by atoms with Crippen molar-refractivity contribution in [3.63, 3.8) is 0 Å². The van der Waals surface area contributed by atoms with Crippen molar-refractivity contribution in [3.8, 4) is 0 Å². The van der Waals surface area contributed by atoms with Crippen molar-refractivity contribution < 1.29 is 19.4 Å². The Bertz CT molecular complexity index is 325. The fourth-order valence-electron chi connectivity index (χ4n) is 1.38. The first kappa shape index (κ1) is 17.7. The van der Waals surface area contributed by atoms with Gasteiger partial charge in [-0.1, -0.05) is 27.7 Å². The number of carboxylic acids is 1. The lowest BCUT2D eigenvalue weighted by Crippen LogP contribution is -2.45. The Morgan fingerprint density at radius 1 is 1.16 bits per heavy atom. The van der Waals surface area contributed by atoms with Crippen LogP contribution in [-0.2, 0) is 9.53 Å². The highest BCUT2D eigenvalue weighted by Crippen LogP contribution is 2.29. The summed E-state index contributed by atoms with van der Waals surface area (Å²) in [5.74, 6) is -0.884. The lowest BCUT2D eigenvalue weighted by atomic mass is 9.78. The molecule has 0 aliphatic rings. The van der Waals surface area contributed by atoms with Gasteiger partial charge in [0.25, 0.3) is 0 Å². The van der Waals surface area contributed by atoms with Crippen molar-refractivity contribution in [2.24, 2.45) is 11.3 Å². The zero-order chi connectivity index (χ0) is 15.4. The number of nitrogens with one attached hydrogen (secondary N) is 1. The van der Waals surface area contributed by atoms with E-state index in [0.29, 0.717) is 6.42 Å². The van der Waals surface area contributed by atoms with Gasteiger partial charge in [-0.25, -0.2) is 9.59 Å². The minimum absolute atomic E-state index is 0.0106. The first-order valence-corrected chi connectivity index (χ1v) is 6.55. The van der Waals surface area contributed by atoms with Gasteiger partial charge in [0.1, 0.15) is 11.6 Å². The van der Waals surface area contributed by atoms with E-state index in [1.54, 1.807) is 20.8 Å². The second kappa shape index (κ2) is 6.26. The number of carbonyl (C=O) groups excluding carboxylic acids is 1. The summed E-state index contributed by atoms with van der Waals surface area (Å²) >= 11 is 0. The predicted octanol–water partition coefficient (Wildman–Crippen LogP) is 3.04. The zero-order valence-corrected chi connectivity index (χ0v) is 13.0. The number of aliphatic carboxylic acids is 1. The molecule has 0 bridgehead atoms. The molecule has 0 aromatic carbocycles. The maximum absolute atomic E-state index is 11.6. The maximum Gasteiger partial charge on any atom is 0.408 e. The van der Waals surface area contributed by atoms with E-state index in [9.17, 15) is 9.59 Å². The number of amides is 1. The molecule has 0 aliphatic carbocycles. The highest BCUT2D eigenvalue weighted by molar-refractivity contribution is 5.80. The average molecular weight is 273 g/mol. The molecule has 0 rings (SSSR count). The monoisotopic (exact) mass is 273 g/mol. The smallest absolute Gasteiger partial charge is 0.408 e. The van der Waals surface area contributed by atoms with Crippen LogP contribution < -0.4 is 5.32 Å². The highest BCUT2D eigenvalue weighted by Gasteiger charge is 2.29. The van der Waals surface area contributed by atoms with E-state index in [2.05, 4.69) is 5.32 Å². The van der Waals surface area contributed by atoms with Crippen LogP contribution in [0, 0.1) is 11.3 Å². The molecule has 0 aromatic heterocycles. The largest absolute Gasteiger partial charge is 0.480 e. The van der Waals surface area contributed by atoms with Crippen molar-refractivity contribution in [3.05, 3.63) is 0 Å². The molecule has 0 aromatic rings. The van der Waals surface area contributed by atoms with Crippen LogP contribution in [0.4, 0.5) is 4.79 Å². The van der Waals surface area contributed by atoms with E-state index in [-0.39, 0.29) is 11.3 Å². The molecule has 2 atom stereocenters. The topological polar surface area (TPSA) is 75.6 Å². The van der Waals surface area contributed by atoms with Gasteiger partial charge in [0.2, 0.25) is 0 Å². The van der Waals surface area contributed by atoms with Crippen LogP contribution in [-0.4, -0.2) is 28.8 Å². The highest BCUT2D eigenvalue weighted by atomic mass is 16.6. The summed E-state index contributed by atoms with van der Waals surface area (Å²) in [7, 11) is 0. The summed E-state index contributed by atoms with van der Waals surface area (Å²) < 4.78 is 5.07. The van der Waals surface area contributed by atoms with Crippen LogP contribution in [0.25, 0.3) is 0 Å². The summed E-state index contributed by atoms with van der Waals surface area (Å²) in [6.45, 7) is 13.3. The van der Waals surface area contributed by atoms with Crippen LogP contribution in [0.2, 0.25) is 0 Å². The van der Waals surface area contributed by atoms with Crippen LogP contribution in [0.1, 0.15) is 54.9 Å². The average Bonchev–Trinajstić information content (AvgIpc) is 2.11. The first-order valence-electron chi connectivity index (χ1n) is 6.55. The SMILES string of the molecule is CC(CC(NC(=O)OC(C)(C)C)C(=O)O)C(C)(C)C. The van der Waals surface area contributed by atoms with Crippen LogP contribution in [0.3, 0.4) is 0 Å². The number of hydrogen-bond acceptors (Lipinski definition) is 3. The molecule has 0 spiro atoms. The summed E-state index contributed by atoms with van der Waals surface area (Å²) in [5, 5.41) is 11.6.